The standard InChI is InChI=1S/C13H12F2N4OS/c14-13(15)4-6-19(8-13)12(20)18-10-7-21-11(17-10)9-3-1-2-5-16-9/h1-3,5,7H,4,6,8H2,(H,18,20). The highest BCUT2D eigenvalue weighted by Crippen LogP contribution is 2.28. The molecule has 8 heteroatoms. The molecule has 0 aliphatic carbocycles. The maximum absolute atomic E-state index is 13.1. The fourth-order valence-corrected chi connectivity index (χ4v) is 2.76. The largest absolute Gasteiger partial charge is 0.323 e. The number of pyridine rings is 1. The van der Waals surface area contributed by atoms with E-state index in [0.29, 0.717) is 16.5 Å². The Hall–Kier alpha value is -2.09. The number of hydrogen-bond donors (Lipinski definition) is 1. The van der Waals surface area contributed by atoms with Crippen molar-refractivity contribution in [1.82, 2.24) is 14.9 Å². The normalized spacial score (nSPS) is 17.0. The van der Waals surface area contributed by atoms with E-state index in [-0.39, 0.29) is 13.0 Å². The molecule has 1 aliphatic heterocycles. The molecule has 1 fully saturated rings. The van der Waals surface area contributed by atoms with Crippen molar-refractivity contribution in [3.8, 4) is 10.7 Å². The van der Waals surface area contributed by atoms with Gasteiger partial charge in [0.25, 0.3) is 5.92 Å². The Kier molecular flexibility index (Phi) is 3.54. The van der Waals surface area contributed by atoms with Gasteiger partial charge in [-0.2, -0.15) is 0 Å². The van der Waals surface area contributed by atoms with E-state index in [0.717, 1.165) is 4.90 Å². The van der Waals surface area contributed by atoms with Gasteiger partial charge in [0.1, 0.15) is 10.8 Å². The Balaban J connectivity index is 1.66. The van der Waals surface area contributed by atoms with E-state index >= 15 is 0 Å². The van der Waals surface area contributed by atoms with Crippen LogP contribution in [0.5, 0.6) is 0 Å². The van der Waals surface area contributed by atoms with E-state index in [1.54, 1.807) is 17.6 Å². The quantitative estimate of drug-likeness (QED) is 0.927. The maximum Gasteiger partial charge on any atom is 0.323 e. The van der Waals surface area contributed by atoms with Crippen LogP contribution in [-0.2, 0) is 0 Å². The van der Waals surface area contributed by atoms with Crippen LogP contribution >= 0.6 is 11.3 Å². The monoisotopic (exact) mass is 310 g/mol. The Morgan fingerprint density at radius 3 is 2.95 bits per heavy atom. The number of hydrogen-bond acceptors (Lipinski definition) is 4. The van der Waals surface area contributed by atoms with Gasteiger partial charge in [0.2, 0.25) is 0 Å². The lowest BCUT2D eigenvalue weighted by Gasteiger charge is -2.15. The van der Waals surface area contributed by atoms with Crippen LogP contribution in [0.25, 0.3) is 10.7 Å². The summed E-state index contributed by atoms with van der Waals surface area (Å²) >= 11 is 1.33. The Bertz CT molecular complexity index is 647. The number of nitrogens with zero attached hydrogens (tertiary/aromatic N) is 3. The number of halogens is 2. The third-order valence-corrected chi connectivity index (χ3v) is 3.94. The van der Waals surface area contributed by atoms with Crippen LogP contribution in [0.3, 0.4) is 0 Å². The number of aromatic nitrogens is 2. The van der Waals surface area contributed by atoms with E-state index in [1.165, 1.54) is 11.3 Å². The van der Waals surface area contributed by atoms with E-state index in [4.69, 9.17) is 0 Å². The number of anilines is 1. The molecule has 0 radical (unpaired) electrons. The number of carbonyl (C=O) groups is 1. The van der Waals surface area contributed by atoms with Gasteiger partial charge in [-0.3, -0.25) is 10.3 Å². The third-order valence-electron chi connectivity index (χ3n) is 3.08. The van der Waals surface area contributed by atoms with Crippen LogP contribution in [0.15, 0.2) is 29.8 Å². The summed E-state index contributed by atoms with van der Waals surface area (Å²) in [6, 6.07) is 4.90. The molecule has 1 saturated heterocycles. The number of thiazole rings is 1. The van der Waals surface area contributed by atoms with Crippen molar-refractivity contribution in [2.45, 2.75) is 12.3 Å². The summed E-state index contributed by atoms with van der Waals surface area (Å²) in [4.78, 5) is 21.4. The molecule has 0 spiro atoms. The highest BCUT2D eigenvalue weighted by molar-refractivity contribution is 7.13. The lowest BCUT2D eigenvalue weighted by atomic mass is 10.3. The summed E-state index contributed by atoms with van der Waals surface area (Å²) in [5.41, 5.74) is 0.704. The lowest BCUT2D eigenvalue weighted by Crippen LogP contribution is -2.35. The number of urea groups is 1. The zero-order chi connectivity index (χ0) is 14.9. The predicted molar refractivity (Wildman–Crippen MR) is 75.5 cm³/mol. The van der Waals surface area contributed by atoms with Crippen LogP contribution in [0.2, 0.25) is 0 Å². The molecule has 0 saturated carbocycles. The van der Waals surface area contributed by atoms with Gasteiger partial charge in [0.15, 0.2) is 0 Å². The molecular weight excluding hydrogens is 298 g/mol. The molecule has 3 rings (SSSR count). The first kappa shape index (κ1) is 13.9. The van der Waals surface area contributed by atoms with Gasteiger partial charge in [-0.1, -0.05) is 6.07 Å². The zero-order valence-corrected chi connectivity index (χ0v) is 11.7. The molecule has 2 amide bonds. The van der Waals surface area contributed by atoms with Gasteiger partial charge in [0, 0.05) is 24.5 Å². The average molecular weight is 310 g/mol. The van der Waals surface area contributed by atoms with Crippen molar-refractivity contribution in [2.75, 3.05) is 18.4 Å². The van der Waals surface area contributed by atoms with E-state index in [9.17, 15) is 13.6 Å². The number of amides is 2. The highest BCUT2D eigenvalue weighted by atomic mass is 32.1. The van der Waals surface area contributed by atoms with Crippen molar-refractivity contribution in [2.24, 2.45) is 0 Å². The minimum atomic E-state index is -2.79. The fraction of sp³-hybridized carbons (Fsp3) is 0.308. The summed E-state index contributed by atoms with van der Waals surface area (Å²) < 4.78 is 26.2. The minimum Gasteiger partial charge on any atom is -0.318 e. The first-order chi connectivity index (χ1) is 10.0. The van der Waals surface area contributed by atoms with Crippen molar-refractivity contribution in [1.29, 1.82) is 0 Å². The van der Waals surface area contributed by atoms with Crippen molar-refractivity contribution < 1.29 is 13.6 Å². The Morgan fingerprint density at radius 2 is 2.29 bits per heavy atom. The third kappa shape index (κ3) is 3.15. The number of alkyl halides is 2. The van der Waals surface area contributed by atoms with Gasteiger partial charge in [-0.05, 0) is 12.1 Å². The number of nitrogens with one attached hydrogen (secondary N) is 1. The summed E-state index contributed by atoms with van der Waals surface area (Å²) in [7, 11) is 0. The van der Waals surface area contributed by atoms with Gasteiger partial charge < -0.3 is 4.90 Å². The number of rotatable bonds is 2. The second-order valence-corrected chi connectivity index (χ2v) is 5.57. The van der Waals surface area contributed by atoms with E-state index in [1.807, 2.05) is 12.1 Å². The molecule has 0 unspecified atom stereocenters. The van der Waals surface area contributed by atoms with Crippen molar-refractivity contribution in [3.05, 3.63) is 29.8 Å². The predicted octanol–water partition coefficient (Wildman–Crippen LogP) is 3.08. The Labute approximate surface area is 123 Å². The smallest absolute Gasteiger partial charge is 0.318 e. The molecule has 21 heavy (non-hydrogen) atoms. The van der Waals surface area contributed by atoms with Crippen LogP contribution in [0.4, 0.5) is 19.4 Å². The molecule has 0 bridgehead atoms. The second kappa shape index (κ2) is 5.36. The van der Waals surface area contributed by atoms with Gasteiger partial charge in [-0.15, -0.1) is 11.3 Å². The molecule has 1 aliphatic rings. The first-order valence-corrected chi connectivity index (χ1v) is 7.22. The zero-order valence-electron chi connectivity index (χ0n) is 10.9. The Morgan fingerprint density at radius 1 is 1.43 bits per heavy atom. The minimum absolute atomic E-state index is 0.0517. The van der Waals surface area contributed by atoms with Crippen LogP contribution < -0.4 is 5.32 Å². The van der Waals surface area contributed by atoms with Crippen molar-refractivity contribution >= 4 is 23.2 Å². The topological polar surface area (TPSA) is 58.1 Å². The van der Waals surface area contributed by atoms with E-state index < -0.39 is 18.5 Å². The molecule has 3 heterocycles. The summed E-state index contributed by atoms with van der Waals surface area (Å²) in [6.07, 6.45) is 1.36. The lowest BCUT2D eigenvalue weighted by molar-refractivity contribution is 0.0159. The molecule has 1 N–H and O–H groups in total. The van der Waals surface area contributed by atoms with Crippen LogP contribution in [0, 0.1) is 0 Å². The van der Waals surface area contributed by atoms with Gasteiger partial charge in [-0.25, -0.2) is 18.6 Å². The summed E-state index contributed by atoms with van der Waals surface area (Å²) in [5.74, 6) is -2.45. The number of likely N-dealkylation sites (tertiary alicyclic amines) is 1. The molecule has 0 atom stereocenters. The maximum atomic E-state index is 13.1. The van der Waals surface area contributed by atoms with E-state index in [2.05, 4.69) is 15.3 Å². The molecular formula is C13H12F2N4OS. The SMILES string of the molecule is O=C(Nc1csc(-c2ccccn2)n1)N1CCC(F)(F)C1. The second-order valence-electron chi connectivity index (χ2n) is 4.71. The van der Waals surface area contributed by atoms with Crippen LogP contribution in [-0.4, -0.2) is 39.9 Å². The van der Waals surface area contributed by atoms with Gasteiger partial charge in [0.05, 0.1) is 12.2 Å². The molecule has 2 aromatic heterocycles. The summed E-state index contributed by atoms with van der Waals surface area (Å²) in [6.45, 7) is -0.494. The molecule has 0 aromatic carbocycles. The molecule has 5 nitrogen and oxygen atoms in total. The molecule has 2 aromatic rings. The van der Waals surface area contributed by atoms with Gasteiger partial charge >= 0.3 is 6.03 Å². The summed E-state index contributed by atoms with van der Waals surface area (Å²) in [5, 5.41) is 4.86. The first-order valence-electron chi connectivity index (χ1n) is 6.34. The van der Waals surface area contributed by atoms with Crippen LogP contribution in [0.1, 0.15) is 6.42 Å². The molecule has 110 valence electrons. The van der Waals surface area contributed by atoms with Crippen molar-refractivity contribution in [3.63, 3.8) is 0 Å². The highest BCUT2D eigenvalue weighted by Gasteiger charge is 2.40. The average Bonchev–Trinajstić information content (AvgIpc) is 3.06. The fourth-order valence-electron chi connectivity index (χ4n) is 2.04. The number of carbonyl (C=O) groups excluding carboxylic acids is 1.